The normalized spacial score (nSPS) is 32.2. The summed E-state index contributed by atoms with van der Waals surface area (Å²) in [5.41, 5.74) is -1.02. The van der Waals surface area contributed by atoms with E-state index in [2.05, 4.69) is 0 Å². The van der Waals surface area contributed by atoms with Crippen molar-refractivity contribution >= 4 is 12.2 Å². The zero-order chi connectivity index (χ0) is 26.8. The predicted octanol–water partition coefficient (Wildman–Crippen LogP) is 4.81. The molecule has 4 unspecified atom stereocenters. The highest BCUT2D eigenvalue weighted by Gasteiger charge is 2.50. The molecule has 0 aromatic heterocycles. The first-order chi connectivity index (χ1) is 16.7. The van der Waals surface area contributed by atoms with E-state index in [9.17, 15) is 19.8 Å². The van der Waals surface area contributed by atoms with Gasteiger partial charge in [-0.1, -0.05) is 25.7 Å². The molecule has 0 aromatic rings. The van der Waals surface area contributed by atoms with Gasteiger partial charge >= 0.3 is 12.2 Å². The van der Waals surface area contributed by atoms with Crippen molar-refractivity contribution in [1.82, 2.24) is 9.80 Å². The maximum atomic E-state index is 12.1. The number of hydrogen-bond donors (Lipinski definition) is 2. The first-order valence-electron chi connectivity index (χ1n) is 13.9. The maximum absolute atomic E-state index is 12.1. The van der Waals surface area contributed by atoms with E-state index < -0.39 is 11.2 Å². The quantitative estimate of drug-likeness (QED) is 0.553. The van der Waals surface area contributed by atoms with E-state index >= 15 is 0 Å². The second-order valence-electron chi connectivity index (χ2n) is 13.6. The van der Waals surface area contributed by atoms with Crippen LogP contribution >= 0.6 is 0 Å². The van der Waals surface area contributed by atoms with E-state index in [0.29, 0.717) is 24.9 Å². The van der Waals surface area contributed by atoms with Crippen molar-refractivity contribution in [3.05, 3.63) is 0 Å². The molecule has 0 radical (unpaired) electrons. The van der Waals surface area contributed by atoms with Crippen LogP contribution in [0.5, 0.6) is 0 Å². The van der Waals surface area contributed by atoms with E-state index in [1.165, 1.54) is 25.7 Å². The van der Waals surface area contributed by atoms with Crippen LogP contribution in [0.4, 0.5) is 9.59 Å². The minimum absolute atomic E-state index is 0.0604. The highest BCUT2D eigenvalue weighted by Crippen LogP contribution is 2.47. The Hall–Kier alpha value is -1.54. The molecule has 2 saturated carbocycles. The fourth-order valence-electron chi connectivity index (χ4n) is 6.61. The van der Waals surface area contributed by atoms with Crippen molar-refractivity contribution in [3.63, 3.8) is 0 Å². The molecule has 2 aliphatic heterocycles. The first-order valence-corrected chi connectivity index (χ1v) is 13.9. The zero-order valence-corrected chi connectivity index (χ0v) is 23.5. The fraction of sp³-hybridized carbons (Fsp3) is 0.929. The molecule has 2 heterocycles. The third-order valence-corrected chi connectivity index (χ3v) is 8.51. The van der Waals surface area contributed by atoms with Crippen LogP contribution in [0, 0.1) is 22.7 Å². The summed E-state index contributed by atoms with van der Waals surface area (Å²) in [5.74, 6) is 0.896. The van der Waals surface area contributed by atoms with Gasteiger partial charge in [0.05, 0.1) is 13.2 Å². The van der Waals surface area contributed by atoms with Crippen LogP contribution in [-0.4, -0.2) is 82.8 Å². The Morgan fingerprint density at radius 2 is 1.08 bits per heavy atom. The van der Waals surface area contributed by atoms with E-state index in [-0.39, 0.29) is 36.2 Å². The largest absolute Gasteiger partial charge is 0.444 e. The number of rotatable bonds is 2. The number of amides is 2. The number of aliphatic hydroxyl groups excluding tert-OH is 2. The number of ether oxygens (including phenoxy) is 2. The number of hydrogen-bond acceptors (Lipinski definition) is 6. The van der Waals surface area contributed by atoms with E-state index in [1.807, 2.05) is 41.5 Å². The van der Waals surface area contributed by atoms with Crippen molar-refractivity contribution < 1.29 is 29.3 Å². The summed E-state index contributed by atoms with van der Waals surface area (Å²) >= 11 is 0. The number of nitrogens with zero attached hydrogens (tertiary/aromatic N) is 2. The summed E-state index contributed by atoms with van der Waals surface area (Å²) in [6.07, 6.45) is 8.62. The molecule has 2 aliphatic carbocycles. The van der Waals surface area contributed by atoms with Crippen molar-refractivity contribution in [2.75, 3.05) is 39.4 Å². The second-order valence-corrected chi connectivity index (χ2v) is 13.6. The molecule has 4 aliphatic rings. The van der Waals surface area contributed by atoms with E-state index in [0.717, 1.165) is 38.8 Å². The number of likely N-dealkylation sites (tertiary alicyclic amines) is 2. The van der Waals surface area contributed by atoms with Gasteiger partial charge in [0.15, 0.2) is 0 Å². The van der Waals surface area contributed by atoms with Gasteiger partial charge in [0.25, 0.3) is 0 Å². The van der Waals surface area contributed by atoms with Crippen LogP contribution in [0.1, 0.15) is 92.9 Å². The SMILES string of the molecule is CC(C)(C)OC(=O)N1CC2CCCCC2(CO)C1.CC(C)(C)OC(=O)N1CC2CCCCC2(CO)C1. The molecule has 36 heavy (non-hydrogen) atoms. The molecule has 208 valence electrons. The predicted molar refractivity (Wildman–Crippen MR) is 139 cm³/mol. The van der Waals surface area contributed by atoms with Gasteiger partial charge in [-0.25, -0.2) is 9.59 Å². The molecule has 8 nitrogen and oxygen atoms in total. The zero-order valence-electron chi connectivity index (χ0n) is 23.5. The van der Waals surface area contributed by atoms with Gasteiger partial charge in [0.2, 0.25) is 0 Å². The molecule has 4 atom stereocenters. The highest BCUT2D eigenvalue weighted by atomic mass is 16.6. The average molecular weight is 511 g/mol. The summed E-state index contributed by atoms with van der Waals surface area (Å²) in [6, 6.07) is 0. The molecular weight excluding hydrogens is 460 g/mol. The summed E-state index contributed by atoms with van der Waals surface area (Å²) < 4.78 is 10.8. The molecule has 0 bridgehead atoms. The van der Waals surface area contributed by atoms with Crippen LogP contribution in [0.25, 0.3) is 0 Å². The van der Waals surface area contributed by atoms with Crippen LogP contribution in [0.15, 0.2) is 0 Å². The number of fused-ring (bicyclic) bond motifs is 2. The topological polar surface area (TPSA) is 99.5 Å². The van der Waals surface area contributed by atoms with Crippen LogP contribution in [-0.2, 0) is 9.47 Å². The van der Waals surface area contributed by atoms with Gasteiger partial charge in [0, 0.05) is 37.0 Å². The number of carbonyl (C=O) groups is 2. The number of aliphatic hydroxyl groups is 2. The second kappa shape index (κ2) is 11.1. The number of carbonyl (C=O) groups excluding carboxylic acids is 2. The molecule has 4 fully saturated rings. The van der Waals surface area contributed by atoms with Gasteiger partial charge in [-0.3, -0.25) is 0 Å². The molecule has 4 rings (SSSR count). The molecule has 2 amide bonds. The van der Waals surface area contributed by atoms with Gasteiger partial charge in [-0.05, 0) is 79.1 Å². The van der Waals surface area contributed by atoms with Gasteiger partial charge < -0.3 is 29.5 Å². The highest BCUT2D eigenvalue weighted by molar-refractivity contribution is 5.69. The van der Waals surface area contributed by atoms with Crippen LogP contribution in [0.2, 0.25) is 0 Å². The Balaban J connectivity index is 0.000000201. The first kappa shape index (κ1) is 29.0. The third kappa shape index (κ3) is 6.85. The Labute approximate surface area is 217 Å². The Morgan fingerprint density at radius 3 is 1.36 bits per heavy atom. The fourth-order valence-corrected chi connectivity index (χ4v) is 6.61. The van der Waals surface area contributed by atoms with E-state index in [1.54, 1.807) is 9.80 Å². The van der Waals surface area contributed by atoms with Gasteiger partial charge in [-0.2, -0.15) is 0 Å². The summed E-state index contributed by atoms with van der Waals surface area (Å²) in [7, 11) is 0. The Morgan fingerprint density at radius 1 is 0.722 bits per heavy atom. The summed E-state index contributed by atoms with van der Waals surface area (Å²) in [4.78, 5) is 27.7. The lowest BCUT2D eigenvalue weighted by molar-refractivity contribution is 0.0226. The molecule has 0 aromatic carbocycles. The van der Waals surface area contributed by atoms with Crippen molar-refractivity contribution in [3.8, 4) is 0 Å². The smallest absolute Gasteiger partial charge is 0.410 e. The van der Waals surface area contributed by atoms with Crippen LogP contribution in [0.3, 0.4) is 0 Å². The van der Waals surface area contributed by atoms with Crippen molar-refractivity contribution in [2.24, 2.45) is 22.7 Å². The molecule has 0 spiro atoms. The monoisotopic (exact) mass is 510 g/mol. The Kier molecular flexibility index (Phi) is 8.92. The van der Waals surface area contributed by atoms with Crippen molar-refractivity contribution in [2.45, 2.75) is 104 Å². The molecule has 2 N–H and O–H groups in total. The van der Waals surface area contributed by atoms with Crippen molar-refractivity contribution in [1.29, 1.82) is 0 Å². The van der Waals surface area contributed by atoms with Crippen LogP contribution < -0.4 is 0 Å². The average Bonchev–Trinajstić information content (AvgIpc) is 3.37. The molecule has 2 saturated heterocycles. The van der Waals surface area contributed by atoms with Gasteiger partial charge in [-0.15, -0.1) is 0 Å². The molecule has 8 heteroatoms. The van der Waals surface area contributed by atoms with Gasteiger partial charge in [0.1, 0.15) is 11.2 Å². The lowest BCUT2D eigenvalue weighted by atomic mass is 9.69. The minimum atomic E-state index is -0.447. The third-order valence-electron chi connectivity index (χ3n) is 8.51. The maximum Gasteiger partial charge on any atom is 0.410 e. The minimum Gasteiger partial charge on any atom is -0.444 e. The molecular formula is C28H50N2O6. The summed E-state index contributed by atoms with van der Waals surface area (Å²) in [6.45, 7) is 14.5. The Bertz CT molecular complexity index is 711. The standard InChI is InChI=1S/2C14H25NO3/c2*1-13(2,3)18-12(17)15-8-11-6-4-5-7-14(11,9-15)10-16/h2*11,16H,4-10H2,1-3H3. The summed E-state index contributed by atoms with van der Waals surface area (Å²) in [5, 5.41) is 19.4. The lowest BCUT2D eigenvalue weighted by Crippen LogP contribution is -2.39. The van der Waals surface area contributed by atoms with E-state index in [4.69, 9.17) is 9.47 Å². The lowest BCUT2D eigenvalue weighted by Gasteiger charge is -2.36.